The lowest BCUT2D eigenvalue weighted by molar-refractivity contribution is -0.113. The molecule has 4 nitrogen and oxygen atoms in total. The second kappa shape index (κ2) is 7.37. The van der Waals surface area contributed by atoms with Gasteiger partial charge in [0.15, 0.2) is 0 Å². The predicted octanol–water partition coefficient (Wildman–Crippen LogP) is 5.32. The summed E-state index contributed by atoms with van der Waals surface area (Å²) in [4.78, 5) is 28.3. The third kappa shape index (κ3) is 3.59. The van der Waals surface area contributed by atoms with E-state index in [1.165, 1.54) is 12.1 Å². The maximum absolute atomic E-state index is 14.5. The molecule has 2 aliphatic heterocycles. The molecular formula is C20H16ClFN2O2S. The number of carbonyl (C=O) groups excluding carboxylic acids is 2. The number of carbonyl (C=O) groups is 2. The molecule has 2 heterocycles. The van der Waals surface area contributed by atoms with Crippen molar-refractivity contribution in [3.8, 4) is 0 Å². The minimum absolute atomic E-state index is 0.188. The molecule has 2 fully saturated rings. The third-order valence-electron chi connectivity index (χ3n) is 4.60. The predicted molar refractivity (Wildman–Crippen MR) is 108 cm³/mol. The SMILES string of the molecule is O=C1S/C(=C/c2ccc(N3CCCC3)cc2F)C(=O)N1c1cccc(Cl)c1. The number of nitrogens with zero attached hydrogens (tertiary/aromatic N) is 2. The second-order valence-electron chi connectivity index (χ2n) is 6.40. The average molecular weight is 403 g/mol. The lowest BCUT2D eigenvalue weighted by Gasteiger charge is -2.17. The molecule has 4 rings (SSSR count). The second-order valence-corrected chi connectivity index (χ2v) is 7.83. The van der Waals surface area contributed by atoms with Gasteiger partial charge in [0, 0.05) is 29.4 Å². The van der Waals surface area contributed by atoms with Gasteiger partial charge < -0.3 is 4.90 Å². The van der Waals surface area contributed by atoms with Gasteiger partial charge in [-0.1, -0.05) is 17.7 Å². The van der Waals surface area contributed by atoms with Crippen molar-refractivity contribution in [3.05, 3.63) is 63.8 Å². The number of benzene rings is 2. The summed E-state index contributed by atoms with van der Waals surface area (Å²) in [7, 11) is 0. The van der Waals surface area contributed by atoms with Crippen LogP contribution in [0.5, 0.6) is 0 Å². The van der Waals surface area contributed by atoms with Crippen LogP contribution < -0.4 is 9.80 Å². The normalized spacial score (nSPS) is 18.8. The lowest BCUT2D eigenvalue weighted by Crippen LogP contribution is -2.27. The molecule has 0 bridgehead atoms. The fraction of sp³-hybridized carbons (Fsp3) is 0.200. The van der Waals surface area contributed by atoms with Crippen molar-refractivity contribution in [2.24, 2.45) is 0 Å². The first kappa shape index (κ1) is 18.1. The van der Waals surface area contributed by atoms with Crippen molar-refractivity contribution < 1.29 is 14.0 Å². The summed E-state index contributed by atoms with van der Waals surface area (Å²) < 4.78 is 14.5. The molecule has 0 radical (unpaired) electrons. The van der Waals surface area contributed by atoms with Crippen molar-refractivity contribution in [2.75, 3.05) is 22.9 Å². The standard InChI is InChI=1S/C20H16ClFN2O2S/c21-14-4-3-5-16(11-14)24-19(25)18(27-20(24)26)10-13-6-7-15(12-17(13)22)23-8-1-2-9-23/h3-7,10-12H,1-2,8-9H2/b18-10+. The van der Waals surface area contributed by atoms with Crippen LogP contribution in [0.15, 0.2) is 47.4 Å². The third-order valence-corrected chi connectivity index (χ3v) is 5.71. The van der Waals surface area contributed by atoms with Crippen molar-refractivity contribution in [3.63, 3.8) is 0 Å². The quantitative estimate of drug-likeness (QED) is 0.651. The molecule has 0 spiro atoms. The van der Waals surface area contributed by atoms with Crippen molar-refractivity contribution in [1.29, 1.82) is 0 Å². The molecule has 2 aromatic rings. The number of hydrogen-bond donors (Lipinski definition) is 0. The molecule has 0 saturated carbocycles. The van der Waals surface area contributed by atoms with Gasteiger partial charge in [-0.2, -0.15) is 0 Å². The maximum atomic E-state index is 14.5. The van der Waals surface area contributed by atoms with Crippen LogP contribution >= 0.6 is 23.4 Å². The zero-order chi connectivity index (χ0) is 19.0. The maximum Gasteiger partial charge on any atom is 0.298 e. The van der Waals surface area contributed by atoms with Crippen LogP contribution in [0, 0.1) is 5.82 Å². The van der Waals surface area contributed by atoms with Gasteiger partial charge in [0.2, 0.25) is 0 Å². The number of hydrogen-bond acceptors (Lipinski definition) is 4. The molecule has 138 valence electrons. The molecular weight excluding hydrogens is 387 g/mol. The van der Waals surface area contributed by atoms with Crippen LogP contribution in [0.25, 0.3) is 6.08 Å². The van der Waals surface area contributed by atoms with Crippen molar-refractivity contribution in [1.82, 2.24) is 0 Å². The number of rotatable bonds is 3. The van der Waals surface area contributed by atoms with Crippen LogP contribution in [-0.4, -0.2) is 24.2 Å². The van der Waals surface area contributed by atoms with Crippen LogP contribution in [0.2, 0.25) is 5.02 Å². The lowest BCUT2D eigenvalue weighted by atomic mass is 10.1. The van der Waals surface area contributed by atoms with Gasteiger partial charge in [-0.15, -0.1) is 0 Å². The Balaban J connectivity index is 1.61. The van der Waals surface area contributed by atoms with E-state index in [0.717, 1.165) is 48.3 Å². The van der Waals surface area contributed by atoms with E-state index in [1.807, 2.05) is 6.07 Å². The molecule has 7 heteroatoms. The molecule has 0 N–H and O–H groups in total. The summed E-state index contributed by atoms with van der Waals surface area (Å²) in [5.74, 6) is -0.885. The van der Waals surface area contributed by atoms with Crippen molar-refractivity contribution >= 4 is 52.0 Å². The Morgan fingerprint density at radius 1 is 1.04 bits per heavy atom. The Labute approximate surface area is 165 Å². The molecule has 2 saturated heterocycles. The number of halogens is 2. The highest BCUT2D eigenvalue weighted by atomic mass is 35.5. The molecule has 0 aliphatic carbocycles. The topological polar surface area (TPSA) is 40.6 Å². The molecule has 2 amide bonds. The van der Waals surface area contributed by atoms with Crippen LogP contribution in [0.1, 0.15) is 18.4 Å². The minimum Gasteiger partial charge on any atom is -0.371 e. The summed E-state index contributed by atoms with van der Waals surface area (Å²) in [6.45, 7) is 1.86. The number of thioether (sulfide) groups is 1. The highest BCUT2D eigenvalue weighted by molar-refractivity contribution is 8.19. The Bertz CT molecular complexity index is 957. The van der Waals surface area contributed by atoms with Gasteiger partial charge in [0.05, 0.1) is 10.6 Å². The summed E-state index contributed by atoms with van der Waals surface area (Å²) in [6, 6.07) is 11.5. The van der Waals surface area contributed by atoms with E-state index in [1.54, 1.807) is 30.3 Å². The molecule has 0 unspecified atom stereocenters. The van der Waals surface area contributed by atoms with Crippen molar-refractivity contribution in [2.45, 2.75) is 12.8 Å². The van der Waals surface area contributed by atoms with E-state index in [9.17, 15) is 14.0 Å². The summed E-state index contributed by atoms with van der Waals surface area (Å²) in [5, 5.41) is 0.00156. The largest absolute Gasteiger partial charge is 0.371 e. The Morgan fingerprint density at radius 2 is 1.81 bits per heavy atom. The zero-order valence-corrected chi connectivity index (χ0v) is 15.9. The fourth-order valence-corrected chi connectivity index (χ4v) is 4.27. The van der Waals surface area contributed by atoms with Gasteiger partial charge in [-0.3, -0.25) is 9.59 Å². The summed E-state index contributed by atoms with van der Waals surface area (Å²) in [5.41, 5.74) is 1.53. The molecule has 0 aromatic heterocycles. The van der Waals surface area contributed by atoms with Gasteiger partial charge in [-0.05, 0) is 67.1 Å². The van der Waals surface area contributed by atoms with E-state index in [0.29, 0.717) is 10.7 Å². The van der Waals surface area contributed by atoms with Crippen LogP contribution in [0.3, 0.4) is 0 Å². The minimum atomic E-state index is -0.477. The first-order chi connectivity index (χ1) is 13.0. The van der Waals surface area contributed by atoms with Crippen LogP contribution in [0.4, 0.5) is 20.6 Å². The van der Waals surface area contributed by atoms with Gasteiger partial charge >= 0.3 is 0 Å². The Kier molecular flexibility index (Phi) is 4.93. The number of imide groups is 1. The molecule has 2 aliphatic rings. The molecule has 2 aromatic carbocycles. The monoisotopic (exact) mass is 402 g/mol. The number of anilines is 2. The molecule has 27 heavy (non-hydrogen) atoms. The van der Waals surface area contributed by atoms with Crippen LogP contribution in [-0.2, 0) is 4.79 Å². The first-order valence-corrected chi connectivity index (χ1v) is 9.80. The van der Waals surface area contributed by atoms with E-state index in [-0.39, 0.29) is 10.5 Å². The fourth-order valence-electron chi connectivity index (χ4n) is 3.25. The average Bonchev–Trinajstić information content (AvgIpc) is 3.26. The number of amides is 2. The van der Waals surface area contributed by atoms with E-state index in [4.69, 9.17) is 11.6 Å². The summed E-state index contributed by atoms with van der Waals surface area (Å²) >= 11 is 6.74. The highest BCUT2D eigenvalue weighted by Crippen LogP contribution is 2.37. The Hall–Kier alpha value is -2.31. The first-order valence-electron chi connectivity index (χ1n) is 8.61. The van der Waals surface area contributed by atoms with Gasteiger partial charge in [0.25, 0.3) is 11.1 Å². The van der Waals surface area contributed by atoms with Gasteiger partial charge in [0.1, 0.15) is 5.82 Å². The van der Waals surface area contributed by atoms with E-state index >= 15 is 0 Å². The van der Waals surface area contributed by atoms with E-state index in [2.05, 4.69) is 4.90 Å². The zero-order valence-electron chi connectivity index (χ0n) is 14.3. The Morgan fingerprint density at radius 3 is 2.52 bits per heavy atom. The summed E-state index contributed by atoms with van der Waals surface area (Å²) in [6.07, 6.45) is 3.65. The van der Waals surface area contributed by atoms with E-state index < -0.39 is 17.0 Å². The smallest absolute Gasteiger partial charge is 0.298 e. The highest BCUT2D eigenvalue weighted by Gasteiger charge is 2.36. The molecule has 0 atom stereocenters. The van der Waals surface area contributed by atoms with Gasteiger partial charge in [-0.25, -0.2) is 9.29 Å².